The second kappa shape index (κ2) is 18.3. The highest BCUT2D eigenvalue weighted by atomic mass is 35.5. The molecule has 2 aliphatic rings. The number of methoxy groups -OCH3 is 2. The number of hydrogen-bond acceptors (Lipinski definition) is 12. The molecule has 7 aromatic rings. The third-order valence-corrected chi connectivity index (χ3v) is 11.0. The molecule has 2 aliphatic heterocycles. The van der Waals surface area contributed by atoms with Gasteiger partial charge in [-0.3, -0.25) is 0 Å². The number of nitrogens with zero attached hydrogens (tertiary/aromatic N) is 7. The summed E-state index contributed by atoms with van der Waals surface area (Å²) in [5.74, 6) is -1.29. The Morgan fingerprint density at radius 2 is 1.16 bits per heavy atom. The van der Waals surface area contributed by atoms with Crippen molar-refractivity contribution in [2.75, 3.05) is 81.9 Å². The summed E-state index contributed by atoms with van der Waals surface area (Å²) in [6.45, 7) is 8.84. The summed E-state index contributed by atoms with van der Waals surface area (Å²) in [5.41, 5.74) is 5.65. The molecule has 2 aromatic carbocycles. The van der Waals surface area contributed by atoms with Crippen LogP contribution in [0.5, 0.6) is 11.8 Å². The van der Waals surface area contributed by atoms with E-state index < -0.39 is 23.3 Å². The molecule has 17 heteroatoms. The van der Waals surface area contributed by atoms with Gasteiger partial charge in [0, 0.05) is 68.1 Å². The predicted molar refractivity (Wildman–Crippen MR) is 231 cm³/mol. The van der Waals surface area contributed by atoms with Gasteiger partial charge in [-0.25, -0.2) is 42.5 Å². The first kappa shape index (κ1) is 42.3. The van der Waals surface area contributed by atoms with Crippen LogP contribution in [0.2, 0.25) is 5.02 Å². The molecular weight excluding hydrogens is 828 g/mol. The minimum absolute atomic E-state index is 0.104. The molecule has 2 fully saturated rings. The highest BCUT2D eigenvalue weighted by Gasteiger charge is 2.24. The lowest BCUT2D eigenvalue weighted by Crippen LogP contribution is -2.38. The van der Waals surface area contributed by atoms with Crippen LogP contribution in [0, 0.1) is 37.1 Å². The van der Waals surface area contributed by atoms with Crippen molar-refractivity contribution in [3.63, 3.8) is 0 Å². The lowest BCUT2D eigenvalue weighted by atomic mass is 10.0. The van der Waals surface area contributed by atoms with E-state index >= 15 is 4.39 Å². The molecule has 5 aromatic heterocycles. The van der Waals surface area contributed by atoms with Gasteiger partial charge in [-0.15, -0.1) is 0 Å². The first-order valence-corrected chi connectivity index (χ1v) is 20.1. The molecule has 12 nitrogen and oxygen atoms in total. The van der Waals surface area contributed by atoms with Gasteiger partial charge in [-0.2, -0.15) is 0 Å². The average molecular weight is 869 g/mol. The van der Waals surface area contributed by atoms with Crippen LogP contribution >= 0.6 is 11.6 Å². The topological polar surface area (TPSA) is 120 Å². The smallest absolute Gasteiger partial charge is 0.213 e. The Labute approximate surface area is 359 Å². The Hall–Kier alpha value is -6.36. The minimum Gasteiger partial charge on any atom is -0.481 e. The second-order valence-corrected chi connectivity index (χ2v) is 14.8. The van der Waals surface area contributed by atoms with E-state index in [1.54, 1.807) is 43.3 Å². The van der Waals surface area contributed by atoms with E-state index in [1.807, 2.05) is 19.2 Å². The largest absolute Gasteiger partial charge is 0.481 e. The van der Waals surface area contributed by atoms with Crippen molar-refractivity contribution < 1.29 is 36.5 Å². The van der Waals surface area contributed by atoms with Gasteiger partial charge in [0.1, 0.15) is 23.3 Å². The Kier molecular flexibility index (Phi) is 12.5. The first-order valence-electron chi connectivity index (χ1n) is 19.7. The van der Waals surface area contributed by atoms with Crippen LogP contribution in [-0.4, -0.2) is 91.7 Å². The third kappa shape index (κ3) is 8.71. The molecule has 62 heavy (non-hydrogen) atoms. The molecule has 0 radical (unpaired) electrons. The minimum atomic E-state index is -0.735. The number of halogens is 5. The van der Waals surface area contributed by atoms with Crippen LogP contribution in [-0.2, 0) is 9.47 Å². The fraction of sp³-hybridized carbons (Fsp3) is 0.267. The summed E-state index contributed by atoms with van der Waals surface area (Å²) >= 11 is 6.25. The summed E-state index contributed by atoms with van der Waals surface area (Å²) in [7, 11) is 3.04. The second-order valence-electron chi connectivity index (χ2n) is 14.4. The maximum Gasteiger partial charge on any atom is 0.213 e. The molecule has 0 unspecified atom stereocenters. The quantitative estimate of drug-likeness (QED) is 0.147. The van der Waals surface area contributed by atoms with Crippen molar-refractivity contribution in [2.24, 2.45) is 0 Å². The van der Waals surface area contributed by atoms with Gasteiger partial charge in [-0.1, -0.05) is 23.7 Å². The molecule has 0 bridgehead atoms. The molecule has 0 saturated carbocycles. The van der Waals surface area contributed by atoms with Gasteiger partial charge < -0.3 is 34.1 Å². The zero-order valence-corrected chi connectivity index (χ0v) is 35.0. The number of ether oxygens (including phenoxy) is 4. The van der Waals surface area contributed by atoms with Gasteiger partial charge in [0.05, 0.1) is 114 Å². The Morgan fingerprint density at radius 3 is 1.73 bits per heavy atom. The molecule has 0 amide bonds. The number of benzene rings is 2. The van der Waals surface area contributed by atoms with Crippen LogP contribution in [0.1, 0.15) is 11.1 Å². The Balaban J connectivity index is 0.000000203. The molecule has 0 atom stereocenters. The maximum absolute atomic E-state index is 15.4. The first-order chi connectivity index (χ1) is 30.0. The van der Waals surface area contributed by atoms with E-state index in [0.29, 0.717) is 96.6 Å². The van der Waals surface area contributed by atoms with E-state index in [2.05, 4.69) is 35.1 Å². The number of rotatable bonds is 8. The fourth-order valence-corrected chi connectivity index (χ4v) is 7.71. The number of fused-ring (bicyclic) bond motifs is 2. The van der Waals surface area contributed by atoms with E-state index in [4.69, 9.17) is 35.5 Å². The summed E-state index contributed by atoms with van der Waals surface area (Å²) in [6, 6.07) is 16.6. The number of hydrogen-bond donors (Lipinski definition) is 1. The molecule has 9 rings (SSSR count). The Morgan fingerprint density at radius 1 is 0.645 bits per heavy atom. The molecule has 2 saturated heterocycles. The van der Waals surface area contributed by atoms with Crippen LogP contribution < -0.4 is 24.6 Å². The third-order valence-electron chi connectivity index (χ3n) is 10.6. The van der Waals surface area contributed by atoms with E-state index in [9.17, 15) is 13.2 Å². The number of aromatic nitrogens is 5. The molecule has 0 spiro atoms. The lowest BCUT2D eigenvalue weighted by Gasteiger charge is -2.32. The fourth-order valence-electron chi connectivity index (χ4n) is 7.44. The van der Waals surface area contributed by atoms with Crippen molar-refractivity contribution in [1.29, 1.82) is 0 Å². The maximum atomic E-state index is 15.4. The highest BCUT2D eigenvalue weighted by molar-refractivity contribution is 6.36. The van der Waals surface area contributed by atoms with E-state index in [1.165, 1.54) is 20.3 Å². The van der Waals surface area contributed by atoms with Gasteiger partial charge >= 0.3 is 0 Å². The molecule has 320 valence electrons. The van der Waals surface area contributed by atoms with Gasteiger partial charge in [0.2, 0.25) is 11.8 Å². The van der Waals surface area contributed by atoms with Crippen molar-refractivity contribution in [1.82, 2.24) is 24.9 Å². The SMILES string of the molecule is COc1cccc(-c2nc3cc(F)cc(F)c3c(Cl)c2C)n1.COc1cccc(-c2nc3cc(F)cc(F)c3c(Nc3cc(N4CCOCC4)cnc3N3CCOCC3)c2C)n1. The van der Waals surface area contributed by atoms with Crippen molar-refractivity contribution in [3.8, 4) is 34.5 Å². The van der Waals surface area contributed by atoms with Crippen LogP contribution in [0.3, 0.4) is 0 Å². The molecule has 1 N–H and O–H groups in total. The monoisotopic (exact) mass is 868 g/mol. The van der Waals surface area contributed by atoms with Crippen molar-refractivity contribution in [2.45, 2.75) is 13.8 Å². The van der Waals surface area contributed by atoms with Gasteiger partial charge in [-0.05, 0) is 37.6 Å². The highest BCUT2D eigenvalue weighted by Crippen LogP contribution is 2.40. The number of anilines is 4. The van der Waals surface area contributed by atoms with Crippen LogP contribution in [0.25, 0.3) is 44.6 Å². The summed E-state index contributed by atoms with van der Waals surface area (Å²) < 4.78 is 78.7. The molecule has 7 heterocycles. The van der Waals surface area contributed by atoms with Gasteiger partial charge in [0.25, 0.3) is 0 Å². The zero-order chi connectivity index (χ0) is 43.5. The van der Waals surface area contributed by atoms with Crippen molar-refractivity contribution >= 4 is 56.3 Å². The number of nitrogens with one attached hydrogen (secondary N) is 1. The molecular formula is C45H41ClF4N8O4. The van der Waals surface area contributed by atoms with Crippen LogP contribution in [0.4, 0.5) is 40.4 Å². The number of pyridine rings is 5. The predicted octanol–water partition coefficient (Wildman–Crippen LogP) is 9.25. The zero-order valence-electron chi connectivity index (χ0n) is 34.2. The standard InChI is InChI=1S/C29H30F2N6O3.C16H11ClF2N2O/c1-18-27(22-4-3-5-25(33-22)38-2)34-23-15-19(30)14-21(31)26(23)28(18)35-24-16-20(36-6-10-39-11-7-36)17-32-29(24)37-8-12-40-13-9-37;1-8-15(17)14-10(19)6-9(18)7-12(14)21-16(8)11-4-3-5-13(20-11)22-2/h3-5,14-17H,6-13H2,1-2H3,(H,34,35);3-7H,1-2H3. The van der Waals surface area contributed by atoms with E-state index in [-0.39, 0.29) is 26.8 Å². The normalized spacial score (nSPS) is 14.1. The molecule has 0 aliphatic carbocycles. The summed E-state index contributed by atoms with van der Waals surface area (Å²) in [4.78, 5) is 27.0. The van der Waals surface area contributed by atoms with Crippen LogP contribution in [0.15, 0.2) is 72.9 Å². The summed E-state index contributed by atoms with van der Waals surface area (Å²) in [6.07, 6.45) is 1.86. The Bertz CT molecular complexity index is 2790. The lowest BCUT2D eigenvalue weighted by molar-refractivity contribution is 0.122. The average Bonchev–Trinajstić information content (AvgIpc) is 3.29. The number of morpholine rings is 2. The summed E-state index contributed by atoms with van der Waals surface area (Å²) in [5, 5.41) is 3.99. The van der Waals surface area contributed by atoms with E-state index in [0.717, 1.165) is 42.8 Å². The van der Waals surface area contributed by atoms with Crippen molar-refractivity contribution in [3.05, 3.63) is 112 Å². The van der Waals surface area contributed by atoms with Gasteiger partial charge in [0.15, 0.2) is 5.82 Å².